The van der Waals surface area contributed by atoms with Crippen molar-refractivity contribution in [3.63, 3.8) is 0 Å². The van der Waals surface area contributed by atoms with E-state index in [1.165, 1.54) is 36.4 Å². The van der Waals surface area contributed by atoms with E-state index in [1.807, 2.05) is 4.90 Å². The molecule has 0 bridgehead atoms. The van der Waals surface area contributed by atoms with Gasteiger partial charge in [-0.3, -0.25) is 24.6 Å². The van der Waals surface area contributed by atoms with Gasteiger partial charge in [-0.1, -0.05) is 12.1 Å². The Balaban J connectivity index is 1.41. The van der Waals surface area contributed by atoms with Gasteiger partial charge in [-0.05, 0) is 30.7 Å². The van der Waals surface area contributed by atoms with Gasteiger partial charge in [-0.2, -0.15) is 13.2 Å². The molecule has 9 nitrogen and oxygen atoms in total. The molecule has 0 aliphatic carbocycles. The number of alkyl halides is 3. The van der Waals surface area contributed by atoms with Crippen molar-refractivity contribution in [3.05, 3.63) is 63.7 Å². The number of non-ortho nitro benzene ring substituents is 1. The topological polar surface area (TPSA) is 108 Å². The van der Waals surface area contributed by atoms with Crippen LogP contribution in [0.4, 0.5) is 30.2 Å². The molecular weight excluding hydrogens is 467 g/mol. The Labute approximate surface area is 200 Å². The highest BCUT2D eigenvalue weighted by Crippen LogP contribution is 2.34. The summed E-state index contributed by atoms with van der Waals surface area (Å²) in [6.07, 6.45) is -4.33. The average molecular weight is 493 g/mol. The van der Waals surface area contributed by atoms with Crippen LogP contribution in [0.1, 0.15) is 17.5 Å². The van der Waals surface area contributed by atoms with Gasteiger partial charge in [0, 0.05) is 57.0 Å². The monoisotopic (exact) mass is 493 g/mol. The largest absolute Gasteiger partial charge is 0.418 e. The molecule has 188 valence electrons. The lowest BCUT2D eigenvalue weighted by Gasteiger charge is -2.34. The number of benzene rings is 2. The lowest BCUT2D eigenvalue weighted by Crippen LogP contribution is -2.49. The fourth-order valence-electron chi connectivity index (χ4n) is 3.78. The fraction of sp³-hybridized carbons (Fsp3) is 0.391. The number of hydrogen-bond acceptors (Lipinski definition) is 6. The Morgan fingerprint density at radius 1 is 0.971 bits per heavy atom. The van der Waals surface area contributed by atoms with E-state index in [4.69, 9.17) is 0 Å². The summed E-state index contributed by atoms with van der Waals surface area (Å²) in [5, 5.41) is 15.9. The first-order valence-electron chi connectivity index (χ1n) is 11.0. The first kappa shape index (κ1) is 26.1. The molecule has 1 aliphatic heterocycles. The summed E-state index contributed by atoms with van der Waals surface area (Å²) in [5.41, 5.74) is -0.0873. The van der Waals surface area contributed by atoms with Crippen LogP contribution < -0.4 is 10.6 Å². The Morgan fingerprint density at radius 3 is 2.23 bits per heavy atom. The molecule has 0 radical (unpaired) electrons. The Kier molecular flexibility index (Phi) is 8.41. The van der Waals surface area contributed by atoms with Gasteiger partial charge in [-0.25, -0.2) is 0 Å². The van der Waals surface area contributed by atoms with Crippen molar-refractivity contribution in [1.29, 1.82) is 0 Å². The third-order valence-electron chi connectivity index (χ3n) is 5.69. The normalized spacial score (nSPS) is 15.0. The maximum atomic E-state index is 13.1. The van der Waals surface area contributed by atoms with E-state index in [1.54, 1.807) is 6.92 Å². The zero-order valence-corrected chi connectivity index (χ0v) is 19.1. The summed E-state index contributed by atoms with van der Waals surface area (Å²) >= 11 is 0. The number of nitro groups is 1. The first-order chi connectivity index (χ1) is 16.5. The number of piperazine rings is 1. The zero-order chi connectivity index (χ0) is 25.6. The lowest BCUT2D eigenvalue weighted by molar-refractivity contribution is -0.384. The Bertz CT molecular complexity index is 1090. The van der Waals surface area contributed by atoms with Crippen LogP contribution in [-0.4, -0.2) is 65.8 Å². The molecule has 0 atom stereocenters. The van der Waals surface area contributed by atoms with Gasteiger partial charge in [0.25, 0.3) is 5.69 Å². The van der Waals surface area contributed by atoms with E-state index in [9.17, 15) is 32.9 Å². The molecule has 0 spiro atoms. The lowest BCUT2D eigenvalue weighted by atomic mass is 10.1. The van der Waals surface area contributed by atoms with Gasteiger partial charge in [0.1, 0.15) is 0 Å². The van der Waals surface area contributed by atoms with E-state index in [-0.39, 0.29) is 30.2 Å². The highest BCUT2D eigenvalue weighted by molar-refractivity contribution is 5.93. The van der Waals surface area contributed by atoms with Crippen molar-refractivity contribution >= 4 is 28.9 Å². The molecule has 1 heterocycles. The van der Waals surface area contributed by atoms with Crippen LogP contribution in [0.5, 0.6) is 0 Å². The van der Waals surface area contributed by atoms with Crippen LogP contribution >= 0.6 is 0 Å². The molecule has 1 fully saturated rings. The second-order valence-corrected chi connectivity index (χ2v) is 8.26. The molecule has 0 aromatic heterocycles. The number of carbonyl (C=O) groups excluding carboxylic acids is 2. The summed E-state index contributed by atoms with van der Waals surface area (Å²) in [5.74, 6) is -0.736. The van der Waals surface area contributed by atoms with Crippen LogP contribution in [0.2, 0.25) is 0 Å². The molecule has 2 aromatic carbocycles. The second-order valence-electron chi connectivity index (χ2n) is 8.26. The van der Waals surface area contributed by atoms with E-state index < -0.39 is 22.6 Å². The molecule has 35 heavy (non-hydrogen) atoms. The molecule has 3 rings (SSSR count). The molecule has 2 N–H and O–H groups in total. The van der Waals surface area contributed by atoms with Crippen molar-refractivity contribution in [2.24, 2.45) is 0 Å². The molecule has 2 aromatic rings. The third kappa shape index (κ3) is 7.49. The third-order valence-corrected chi connectivity index (χ3v) is 5.69. The van der Waals surface area contributed by atoms with E-state index >= 15 is 0 Å². The second kappa shape index (κ2) is 11.3. The Morgan fingerprint density at radius 2 is 1.60 bits per heavy atom. The maximum absolute atomic E-state index is 13.1. The van der Waals surface area contributed by atoms with Crippen LogP contribution in [0.15, 0.2) is 42.5 Å². The molecule has 1 aliphatic rings. The number of nitro benzene ring substituents is 1. The number of para-hydroxylation sites is 1. The summed E-state index contributed by atoms with van der Waals surface area (Å²) in [4.78, 5) is 38.8. The summed E-state index contributed by atoms with van der Waals surface area (Å²) < 4.78 is 39.3. The number of anilines is 2. The quantitative estimate of drug-likeness (QED) is 0.431. The number of amides is 2. The number of halogens is 3. The van der Waals surface area contributed by atoms with Crippen molar-refractivity contribution in [2.75, 3.05) is 49.9 Å². The number of hydrogen-bond donors (Lipinski definition) is 2. The Hall–Kier alpha value is -3.51. The molecule has 12 heteroatoms. The molecule has 0 unspecified atom stereocenters. The van der Waals surface area contributed by atoms with Crippen LogP contribution in [0.25, 0.3) is 0 Å². The van der Waals surface area contributed by atoms with Gasteiger partial charge >= 0.3 is 6.18 Å². The SMILES string of the molecule is Cc1cc([N+](=O)[O-])ccc1NC(=O)CCN1CCN(CC(=O)Nc2ccccc2C(F)(F)F)CC1. The van der Waals surface area contributed by atoms with Gasteiger partial charge in [-0.15, -0.1) is 0 Å². The zero-order valence-electron chi connectivity index (χ0n) is 19.1. The predicted octanol–water partition coefficient (Wildman–Crippen LogP) is 3.51. The highest BCUT2D eigenvalue weighted by atomic mass is 19.4. The van der Waals surface area contributed by atoms with E-state index in [0.29, 0.717) is 44.0 Å². The molecule has 1 saturated heterocycles. The smallest absolute Gasteiger partial charge is 0.326 e. The number of carbonyl (C=O) groups is 2. The van der Waals surface area contributed by atoms with Gasteiger partial charge < -0.3 is 15.5 Å². The minimum absolute atomic E-state index is 0.0278. The van der Waals surface area contributed by atoms with Crippen molar-refractivity contribution in [2.45, 2.75) is 19.5 Å². The van der Waals surface area contributed by atoms with Gasteiger partial charge in [0.2, 0.25) is 11.8 Å². The molecular formula is C23H26F3N5O4. The number of nitrogens with zero attached hydrogens (tertiary/aromatic N) is 3. The summed E-state index contributed by atoms with van der Waals surface area (Å²) in [7, 11) is 0. The van der Waals surface area contributed by atoms with Crippen molar-refractivity contribution in [3.8, 4) is 0 Å². The standard InChI is InChI=1S/C23H26F3N5O4/c1-16-14-17(31(34)35)6-7-19(16)27-21(32)8-9-29-10-12-30(13-11-29)15-22(33)28-20-5-3-2-4-18(20)23(24,25)26/h2-7,14H,8-13,15H2,1H3,(H,27,32)(H,28,33). The van der Waals surface area contributed by atoms with Gasteiger partial charge in [0.15, 0.2) is 0 Å². The van der Waals surface area contributed by atoms with E-state index in [0.717, 1.165) is 6.07 Å². The molecule has 2 amide bonds. The van der Waals surface area contributed by atoms with E-state index in [2.05, 4.69) is 15.5 Å². The predicted molar refractivity (Wildman–Crippen MR) is 124 cm³/mol. The number of nitrogens with one attached hydrogen (secondary N) is 2. The fourth-order valence-corrected chi connectivity index (χ4v) is 3.78. The number of rotatable bonds is 8. The number of aryl methyl sites for hydroxylation is 1. The molecule has 0 saturated carbocycles. The summed E-state index contributed by atoms with van der Waals surface area (Å²) in [6, 6.07) is 9.08. The van der Waals surface area contributed by atoms with Crippen molar-refractivity contribution in [1.82, 2.24) is 9.80 Å². The minimum Gasteiger partial charge on any atom is -0.326 e. The van der Waals surface area contributed by atoms with Crippen molar-refractivity contribution < 1.29 is 27.7 Å². The van der Waals surface area contributed by atoms with Crippen LogP contribution in [0.3, 0.4) is 0 Å². The summed E-state index contributed by atoms with van der Waals surface area (Å²) in [6.45, 7) is 4.44. The highest BCUT2D eigenvalue weighted by Gasteiger charge is 2.33. The minimum atomic E-state index is -4.56. The van der Waals surface area contributed by atoms with Crippen LogP contribution in [0, 0.1) is 17.0 Å². The van der Waals surface area contributed by atoms with Crippen LogP contribution in [-0.2, 0) is 15.8 Å². The average Bonchev–Trinajstić information content (AvgIpc) is 2.79. The van der Waals surface area contributed by atoms with Gasteiger partial charge in [0.05, 0.1) is 22.7 Å². The first-order valence-corrected chi connectivity index (χ1v) is 11.0. The maximum Gasteiger partial charge on any atom is 0.418 e.